The van der Waals surface area contributed by atoms with E-state index in [-0.39, 0.29) is 32.0 Å². The van der Waals surface area contributed by atoms with Crippen molar-refractivity contribution in [1.82, 2.24) is 0 Å². The number of rotatable bonds is 63. The molecule has 492 valence electrons. The number of allylic oxidation sites excluding steroid dienone is 22. The molecular formula is C76H130NO8P. The van der Waals surface area contributed by atoms with E-state index in [9.17, 15) is 19.0 Å². The molecule has 0 N–H and O–H groups in total. The first-order valence-corrected chi connectivity index (χ1v) is 36.4. The van der Waals surface area contributed by atoms with E-state index in [1.165, 1.54) is 128 Å². The quantitative estimate of drug-likeness (QED) is 0.0195. The predicted molar refractivity (Wildman–Crippen MR) is 369 cm³/mol. The summed E-state index contributed by atoms with van der Waals surface area (Å²) in [7, 11) is 1.15. The van der Waals surface area contributed by atoms with Gasteiger partial charge in [-0.15, -0.1) is 0 Å². The first kappa shape index (κ1) is 82.1. The topological polar surface area (TPSA) is 111 Å². The lowest BCUT2D eigenvalue weighted by Gasteiger charge is -2.28. The fourth-order valence-electron chi connectivity index (χ4n) is 9.37. The molecule has 0 bridgehead atoms. The number of phosphoric acid groups is 1. The minimum atomic E-state index is -4.65. The van der Waals surface area contributed by atoms with Crippen molar-refractivity contribution in [2.45, 2.75) is 290 Å². The van der Waals surface area contributed by atoms with Gasteiger partial charge in [-0.1, -0.05) is 308 Å². The number of unbranched alkanes of at least 4 members (excludes halogenated alkanes) is 27. The lowest BCUT2D eigenvalue weighted by atomic mass is 10.0. The number of quaternary nitrogens is 1. The lowest BCUT2D eigenvalue weighted by molar-refractivity contribution is -0.870. The third-order valence-electron chi connectivity index (χ3n) is 14.7. The molecule has 0 radical (unpaired) electrons. The number of hydrogen-bond acceptors (Lipinski definition) is 8. The van der Waals surface area contributed by atoms with Gasteiger partial charge in [-0.3, -0.25) is 14.2 Å². The number of carbonyl (C=O) groups excluding carboxylic acids is 2. The molecule has 0 rings (SSSR count). The second-order valence-corrected chi connectivity index (χ2v) is 25.6. The Kier molecular flexibility index (Phi) is 62.7. The van der Waals surface area contributed by atoms with Crippen LogP contribution < -0.4 is 4.89 Å². The normalized spacial score (nSPS) is 14.0. The van der Waals surface area contributed by atoms with Gasteiger partial charge in [0.1, 0.15) is 19.8 Å². The van der Waals surface area contributed by atoms with E-state index in [1.54, 1.807) is 0 Å². The second-order valence-electron chi connectivity index (χ2n) is 24.2. The minimum absolute atomic E-state index is 0.0377. The third-order valence-corrected chi connectivity index (χ3v) is 15.6. The summed E-state index contributed by atoms with van der Waals surface area (Å²) < 4.78 is 34.3. The number of phosphoric ester groups is 1. The Morgan fingerprint density at radius 1 is 0.372 bits per heavy atom. The van der Waals surface area contributed by atoms with Crippen LogP contribution in [0.5, 0.6) is 0 Å². The standard InChI is InChI=1S/C76H130NO8P/c1-6-8-10-12-14-16-18-20-22-24-26-28-29-30-31-32-33-34-35-36-37-38-39-40-41-42-43-44-45-46-47-49-51-53-55-57-59-61-63-65-67-69-76(79)85-74(73-84-86(80,81)83-71-70-77(3,4)5)72-82-75(78)68-66-64-62-60-58-56-54-52-50-48-27-25-23-21-19-17-15-13-11-9-7-2/h8,10,14,16,20,22,26,28,30-31,33-34,36-37,39-40,42-43,45-46,49,51,74H,6-7,9,11-13,15,17-19,21,23-25,27,29,32,35,38,41,44,47-48,50,52-73H2,1-5H3/b10-8-,16-14-,22-20-,28-26-,31-30-,34-33-,37-36-,40-39-,43-42-,46-45-,51-49-. The van der Waals surface area contributed by atoms with Crippen LogP contribution in [0.4, 0.5) is 0 Å². The molecule has 0 aromatic carbocycles. The van der Waals surface area contributed by atoms with Crippen molar-refractivity contribution in [2.75, 3.05) is 47.5 Å². The highest BCUT2D eigenvalue weighted by atomic mass is 31.2. The maximum absolute atomic E-state index is 12.9. The molecule has 10 heteroatoms. The zero-order valence-electron chi connectivity index (χ0n) is 56.0. The fraction of sp³-hybridized carbons (Fsp3) is 0.684. The Balaban J connectivity index is 4.12. The zero-order chi connectivity index (χ0) is 62.6. The molecule has 2 atom stereocenters. The van der Waals surface area contributed by atoms with Gasteiger partial charge < -0.3 is 27.9 Å². The SMILES string of the molecule is CC/C=C\C/C=C\C/C=C\C/C=C\C/C=C\C/C=C\C/C=C\C/C=C\C/C=C\C/C=C\C/C=C\CCCCCCCCCC(=O)OC(COC(=O)CCCCCCCCCCCCCCCCCCCCCCC)COP(=O)([O-])OCC[N+](C)(C)C. The summed E-state index contributed by atoms with van der Waals surface area (Å²) in [5.41, 5.74) is 0. The van der Waals surface area contributed by atoms with Gasteiger partial charge in [0.05, 0.1) is 27.7 Å². The van der Waals surface area contributed by atoms with Crippen LogP contribution in [0.2, 0.25) is 0 Å². The van der Waals surface area contributed by atoms with Crippen LogP contribution in [0.1, 0.15) is 284 Å². The van der Waals surface area contributed by atoms with Crippen molar-refractivity contribution in [3.05, 3.63) is 134 Å². The van der Waals surface area contributed by atoms with Gasteiger partial charge in [0.25, 0.3) is 7.82 Å². The first-order valence-electron chi connectivity index (χ1n) is 34.9. The molecule has 86 heavy (non-hydrogen) atoms. The molecule has 9 nitrogen and oxygen atoms in total. The summed E-state index contributed by atoms with van der Waals surface area (Å²) >= 11 is 0. The van der Waals surface area contributed by atoms with E-state index in [4.69, 9.17) is 18.5 Å². The summed E-state index contributed by atoms with van der Waals surface area (Å²) in [5.74, 6) is -0.843. The molecule has 0 aliphatic carbocycles. The van der Waals surface area contributed by atoms with Crippen molar-refractivity contribution in [1.29, 1.82) is 0 Å². The largest absolute Gasteiger partial charge is 0.756 e. The maximum atomic E-state index is 12.9. The van der Waals surface area contributed by atoms with Crippen LogP contribution in [-0.2, 0) is 32.7 Å². The average Bonchev–Trinajstić information content (AvgIpc) is 3.70. The van der Waals surface area contributed by atoms with E-state index in [2.05, 4.69) is 148 Å². The van der Waals surface area contributed by atoms with Crippen LogP contribution in [0, 0.1) is 0 Å². The van der Waals surface area contributed by atoms with Crippen molar-refractivity contribution >= 4 is 19.8 Å². The van der Waals surface area contributed by atoms with Gasteiger partial charge >= 0.3 is 11.9 Å². The van der Waals surface area contributed by atoms with Gasteiger partial charge in [0, 0.05) is 12.8 Å². The van der Waals surface area contributed by atoms with Gasteiger partial charge in [0.15, 0.2) is 6.10 Å². The number of hydrogen-bond donors (Lipinski definition) is 0. The van der Waals surface area contributed by atoms with Gasteiger partial charge in [-0.25, -0.2) is 0 Å². The van der Waals surface area contributed by atoms with Gasteiger partial charge in [-0.05, 0) is 96.3 Å². The molecule has 2 unspecified atom stereocenters. The molecule has 0 heterocycles. The molecule has 0 fully saturated rings. The van der Waals surface area contributed by atoms with Crippen LogP contribution >= 0.6 is 7.82 Å². The molecule has 0 amide bonds. The molecule has 0 aromatic heterocycles. The maximum Gasteiger partial charge on any atom is 0.306 e. The molecule has 0 aliphatic heterocycles. The highest BCUT2D eigenvalue weighted by molar-refractivity contribution is 7.45. The Morgan fingerprint density at radius 2 is 0.663 bits per heavy atom. The monoisotopic (exact) mass is 1220 g/mol. The van der Waals surface area contributed by atoms with Crippen LogP contribution in [0.15, 0.2) is 134 Å². The van der Waals surface area contributed by atoms with Gasteiger partial charge in [0.2, 0.25) is 0 Å². The summed E-state index contributed by atoms with van der Waals surface area (Å²) in [6.45, 7) is 4.13. The molecule has 0 aromatic rings. The van der Waals surface area contributed by atoms with Crippen molar-refractivity contribution in [2.24, 2.45) is 0 Å². The highest BCUT2D eigenvalue weighted by Gasteiger charge is 2.22. The molecule has 0 saturated heterocycles. The number of esters is 2. The van der Waals surface area contributed by atoms with E-state index >= 15 is 0 Å². The Labute approximate surface area is 530 Å². The fourth-order valence-corrected chi connectivity index (χ4v) is 10.1. The Bertz CT molecular complexity index is 1910. The minimum Gasteiger partial charge on any atom is -0.756 e. The van der Waals surface area contributed by atoms with Crippen molar-refractivity contribution < 1.29 is 42.1 Å². The summed E-state index contributed by atoms with van der Waals surface area (Å²) in [6.07, 6.45) is 95.2. The lowest BCUT2D eigenvalue weighted by Crippen LogP contribution is -2.37. The summed E-state index contributed by atoms with van der Waals surface area (Å²) in [5, 5.41) is 0. The average molecular weight is 1220 g/mol. The van der Waals surface area contributed by atoms with Crippen LogP contribution in [0.3, 0.4) is 0 Å². The molecule has 0 saturated carbocycles. The smallest absolute Gasteiger partial charge is 0.306 e. The summed E-state index contributed by atoms with van der Waals surface area (Å²) in [6, 6.07) is 0. The summed E-state index contributed by atoms with van der Waals surface area (Å²) in [4.78, 5) is 38.0. The van der Waals surface area contributed by atoms with Gasteiger partial charge in [-0.2, -0.15) is 0 Å². The third kappa shape index (κ3) is 69.3. The number of carbonyl (C=O) groups is 2. The predicted octanol–water partition coefficient (Wildman–Crippen LogP) is 22.2. The molecule has 0 aliphatic rings. The second kappa shape index (κ2) is 65.6. The van der Waals surface area contributed by atoms with E-state index in [0.717, 1.165) is 122 Å². The number of ether oxygens (including phenoxy) is 2. The van der Waals surface area contributed by atoms with E-state index < -0.39 is 26.5 Å². The first-order chi connectivity index (χ1) is 42.0. The Morgan fingerprint density at radius 3 is 0.988 bits per heavy atom. The van der Waals surface area contributed by atoms with Crippen molar-refractivity contribution in [3.8, 4) is 0 Å². The molecular weight excluding hydrogens is 1090 g/mol. The van der Waals surface area contributed by atoms with E-state index in [0.29, 0.717) is 17.4 Å². The van der Waals surface area contributed by atoms with Crippen molar-refractivity contribution in [3.63, 3.8) is 0 Å². The zero-order valence-corrected chi connectivity index (χ0v) is 56.9. The van der Waals surface area contributed by atoms with E-state index in [1.807, 2.05) is 21.1 Å². The number of nitrogens with zero attached hydrogens (tertiary/aromatic N) is 1. The Hall–Kier alpha value is -3.85. The van der Waals surface area contributed by atoms with Crippen LogP contribution in [0.25, 0.3) is 0 Å². The van der Waals surface area contributed by atoms with Crippen LogP contribution in [-0.4, -0.2) is 70.0 Å². The highest BCUT2D eigenvalue weighted by Crippen LogP contribution is 2.38. The number of likely N-dealkylation sites (N-methyl/N-ethyl adjacent to an activating group) is 1. The molecule has 0 spiro atoms.